The molecule has 3 heterocycles. The molecule has 4 rings (SSSR count). The number of benzene rings is 1. The number of hydrogen-bond acceptors (Lipinski definition) is 5. The third-order valence-electron chi connectivity index (χ3n) is 5.57. The summed E-state index contributed by atoms with van der Waals surface area (Å²) in [5.41, 5.74) is 3.23. The fraction of sp³-hybridized carbons (Fsp3) is 0.375. The van der Waals surface area contributed by atoms with Crippen LogP contribution in [0.3, 0.4) is 0 Å². The van der Waals surface area contributed by atoms with E-state index in [1.54, 1.807) is 23.0 Å². The molecular formula is C24H30N6O2. The van der Waals surface area contributed by atoms with Crippen molar-refractivity contribution in [2.24, 2.45) is 4.99 Å². The maximum atomic E-state index is 11.9. The Balaban J connectivity index is 1.33. The van der Waals surface area contributed by atoms with Gasteiger partial charge in [-0.05, 0) is 24.1 Å². The molecule has 0 saturated carbocycles. The second-order valence-electron chi connectivity index (χ2n) is 7.91. The van der Waals surface area contributed by atoms with Crippen LogP contribution in [0.15, 0.2) is 75.3 Å². The molecule has 0 radical (unpaired) electrons. The Labute approximate surface area is 188 Å². The van der Waals surface area contributed by atoms with E-state index in [-0.39, 0.29) is 5.56 Å². The molecule has 1 N–H and O–H groups in total. The van der Waals surface area contributed by atoms with Gasteiger partial charge in [-0.1, -0.05) is 35.5 Å². The summed E-state index contributed by atoms with van der Waals surface area (Å²) in [6.45, 7) is 8.72. The number of nitrogens with zero attached hydrogens (tertiary/aromatic N) is 5. The smallest absolute Gasteiger partial charge is 0.250 e. The SMILES string of the molecule is CCNC(=NCc1ccc(Cn2ccccc2=O)cc1)N1CCN(Cc2ccon2)CC1. The van der Waals surface area contributed by atoms with Crippen LogP contribution in [-0.2, 0) is 19.6 Å². The Morgan fingerprint density at radius 2 is 1.81 bits per heavy atom. The molecule has 1 saturated heterocycles. The molecule has 32 heavy (non-hydrogen) atoms. The molecule has 168 valence electrons. The fourth-order valence-electron chi connectivity index (χ4n) is 3.80. The summed E-state index contributed by atoms with van der Waals surface area (Å²) in [7, 11) is 0. The first kappa shape index (κ1) is 21.8. The third-order valence-corrected chi connectivity index (χ3v) is 5.57. The van der Waals surface area contributed by atoms with Crippen LogP contribution >= 0.6 is 0 Å². The van der Waals surface area contributed by atoms with Gasteiger partial charge in [-0.15, -0.1) is 0 Å². The van der Waals surface area contributed by atoms with Crippen molar-refractivity contribution in [3.05, 3.63) is 88.2 Å². The molecule has 0 aliphatic carbocycles. The average Bonchev–Trinajstić information content (AvgIpc) is 3.33. The number of piperazine rings is 1. The monoisotopic (exact) mass is 434 g/mol. The molecule has 0 atom stereocenters. The summed E-state index contributed by atoms with van der Waals surface area (Å²) < 4.78 is 6.64. The second-order valence-corrected chi connectivity index (χ2v) is 7.91. The van der Waals surface area contributed by atoms with Crippen molar-refractivity contribution in [1.82, 2.24) is 24.8 Å². The number of hydrogen-bond donors (Lipinski definition) is 1. The van der Waals surface area contributed by atoms with Crippen LogP contribution in [0.2, 0.25) is 0 Å². The molecule has 1 aliphatic rings. The molecule has 0 bridgehead atoms. The minimum Gasteiger partial charge on any atom is -0.364 e. The Bertz CT molecular complexity index is 1050. The van der Waals surface area contributed by atoms with Crippen LogP contribution < -0.4 is 10.9 Å². The molecule has 1 fully saturated rings. The number of aromatic nitrogens is 2. The number of aliphatic imine (C=N–C) groups is 1. The highest BCUT2D eigenvalue weighted by Crippen LogP contribution is 2.10. The largest absolute Gasteiger partial charge is 0.364 e. The molecule has 8 nitrogen and oxygen atoms in total. The normalized spacial score (nSPS) is 15.2. The second kappa shape index (κ2) is 10.8. The number of guanidine groups is 1. The molecular weight excluding hydrogens is 404 g/mol. The first-order chi connectivity index (χ1) is 15.7. The van der Waals surface area contributed by atoms with Gasteiger partial charge >= 0.3 is 0 Å². The molecule has 0 amide bonds. The van der Waals surface area contributed by atoms with E-state index in [4.69, 9.17) is 9.52 Å². The summed E-state index contributed by atoms with van der Waals surface area (Å²) in [6.07, 6.45) is 3.43. The summed E-state index contributed by atoms with van der Waals surface area (Å²) in [6, 6.07) is 15.5. The van der Waals surface area contributed by atoms with Gasteiger partial charge in [0, 0.05) is 57.6 Å². The first-order valence-corrected chi connectivity index (χ1v) is 11.1. The standard InChI is InChI=1S/C24H30N6O2/c1-2-25-24(29-14-12-28(13-15-29)19-22-10-16-32-27-22)26-17-20-6-8-21(9-7-20)18-30-11-4-3-5-23(30)31/h3-11,16H,2,12-15,17-19H2,1H3,(H,25,26). The van der Waals surface area contributed by atoms with Gasteiger partial charge in [-0.3, -0.25) is 9.69 Å². The summed E-state index contributed by atoms with van der Waals surface area (Å²) in [5.74, 6) is 0.952. The number of pyridine rings is 1. The third kappa shape index (κ3) is 5.85. The highest BCUT2D eigenvalue weighted by atomic mass is 16.5. The lowest BCUT2D eigenvalue weighted by molar-refractivity contribution is 0.169. The van der Waals surface area contributed by atoms with Crippen LogP contribution in [-0.4, -0.2) is 58.2 Å². The van der Waals surface area contributed by atoms with Crippen LogP contribution in [0, 0.1) is 0 Å². The van der Waals surface area contributed by atoms with Gasteiger partial charge in [-0.25, -0.2) is 4.99 Å². The maximum absolute atomic E-state index is 11.9. The fourth-order valence-corrected chi connectivity index (χ4v) is 3.80. The molecule has 1 aliphatic heterocycles. The van der Waals surface area contributed by atoms with E-state index in [0.717, 1.165) is 62.0 Å². The van der Waals surface area contributed by atoms with E-state index < -0.39 is 0 Å². The van der Waals surface area contributed by atoms with E-state index in [0.29, 0.717) is 13.1 Å². The van der Waals surface area contributed by atoms with Crippen molar-refractivity contribution < 1.29 is 4.52 Å². The van der Waals surface area contributed by atoms with E-state index in [1.807, 2.05) is 18.3 Å². The quantitative estimate of drug-likeness (QED) is 0.454. The molecule has 0 unspecified atom stereocenters. The average molecular weight is 435 g/mol. The van der Waals surface area contributed by atoms with Gasteiger partial charge in [0.2, 0.25) is 0 Å². The zero-order valence-electron chi connectivity index (χ0n) is 18.5. The van der Waals surface area contributed by atoms with Gasteiger partial charge in [0.25, 0.3) is 5.56 Å². The van der Waals surface area contributed by atoms with Crippen LogP contribution in [0.1, 0.15) is 23.7 Å². The molecule has 3 aromatic rings. The highest BCUT2D eigenvalue weighted by Gasteiger charge is 2.20. The van der Waals surface area contributed by atoms with Crippen molar-refractivity contribution in [3.63, 3.8) is 0 Å². The van der Waals surface area contributed by atoms with E-state index in [1.165, 1.54) is 0 Å². The van der Waals surface area contributed by atoms with Gasteiger partial charge in [0.15, 0.2) is 5.96 Å². The predicted molar refractivity (Wildman–Crippen MR) is 124 cm³/mol. The van der Waals surface area contributed by atoms with E-state index >= 15 is 0 Å². The Morgan fingerprint density at radius 1 is 1.03 bits per heavy atom. The molecule has 1 aromatic carbocycles. The Hall–Kier alpha value is -3.39. The summed E-state index contributed by atoms with van der Waals surface area (Å²) in [5, 5.41) is 7.43. The topological polar surface area (TPSA) is 78.9 Å². The van der Waals surface area contributed by atoms with Gasteiger partial charge in [0.1, 0.15) is 6.26 Å². The zero-order chi connectivity index (χ0) is 22.2. The minimum atomic E-state index is 0.0117. The van der Waals surface area contributed by atoms with Gasteiger partial charge < -0.3 is 19.3 Å². The first-order valence-electron chi connectivity index (χ1n) is 11.1. The molecule has 0 spiro atoms. The van der Waals surface area contributed by atoms with Crippen LogP contribution in [0.5, 0.6) is 0 Å². The van der Waals surface area contributed by atoms with E-state index in [9.17, 15) is 4.79 Å². The lowest BCUT2D eigenvalue weighted by Crippen LogP contribution is -2.52. The van der Waals surface area contributed by atoms with Crippen molar-refractivity contribution in [3.8, 4) is 0 Å². The van der Waals surface area contributed by atoms with Crippen molar-refractivity contribution in [1.29, 1.82) is 0 Å². The predicted octanol–water partition coefficient (Wildman–Crippen LogP) is 2.17. The maximum Gasteiger partial charge on any atom is 0.250 e. The lowest BCUT2D eigenvalue weighted by atomic mass is 10.1. The molecule has 2 aromatic heterocycles. The summed E-state index contributed by atoms with van der Waals surface area (Å²) >= 11 is 0. The van der Waals surface area contributed by atoms with Gasteiger partial charge in [-0.2, -0.15) is 0 Å². The number of rotatable bonds is 7. The Kier molecular flexibility index (Phi) is 7.34. The molecule has 8 heteroatoms. The zero-order valence-corrected chi connectivity index (χ0v) is 18.5. The minimum absolute atomic E-state index is 0.0117. The Morgan fingerprint density at radius 3 is 2.50 bits per heavy atom. The lowest BCUT2D eigenvalue weighted by Gasteiger charge is -2.36. The highest BCUT2D eigenvalue weighted by molar-refractivity contribution is 5.80. The van der Waals surface area contributed by atoms with Gasteiger partial charge in [0.05, 0.1) is 18.8 Å². The van der Waals surface area contributed by atoms with Crippen molar-refractivity contribution in [2.75, 3.05) is 32.7 Å². The van der Waals surface area contributed by atoms with Crippen LogP contribution in [0.25, 0.3) is 0 Å². The van der Waals surface area contributed by atoms with E-state index in [2.05, 4.69) is 51.5 Å². The van der Waals surface area contributed by atoms with Crippen molar-refractivity contribution in [2.45, 2.75) is 26.6 Å². The number of nitrogens with one attached hydrogen (secondary N) is 1. The van der Waals surface area contributed by atoms with Crippen molar-refractivity contribution >= 4 is 5.96 Å². The summed E-state index contributed by atoms with van der Waals surface area (Å²) in [4.78, 5) is 21.5. The van der Waals surface area contributed by atoms with Crippen LogP contribution in [0.4, 0.5) is 0 Å².